The molecule has 0 aliphatic rings. The molecule has 4 N–H and O–H groups in total. The monoisotopic (exact) mass is 329 g/mol. The Labute approximate surface area is 94.3 Å². The number of rotatable bonds is 0. The summed E-state index contributed by atoms with van der Waals surface area (Å²) >= 11 is 0. The van der Waals surface area contributed by atoms with Crippen molar-refractivity contribution >= 4 is 29.6 Å². The van der Waals surface area contributed by atoms with Gasteiger partial charge in [-0.05, 0) is 0 Å². The third-order valence-electron chi connectivity index (χ3n) is 0. The second kappa shape index (κ2) is 1180. The van der Waals surface area contributed by atoms with Crippen molar-refractivity contribution in [2.24, 2.45) is 0 Å². The minimum atomic E-state index is 0. The van der Waals surface area contributed by atoms with Crippen LogP contribution in [0, 0.1) is 20.0 Å². The molecule has 0 rings (SSSR count). The van der Waals surface area contributed by atoms with Crippen molar-refractivity contribution in [1.29, 1.82) is 0 Å². The average Bonchev–Trinajstić information content (AvgIpc) is 1.81. The zero-order valence-corrected chi connectivity index (χ0v) is 9.82. The Morgan fingerprint density at radius 1 is 0.600 bits per heavy atom. The Balaban J connectivity index is -0.00000000225. The van der Waals surface area contributed by atoms with Crippen LogP contribution in [0.3, 0.4) is 0 Å². The molecule has 0 saturated carbocycles. The van der Waals surface area contributed by atoms with Crippen molar-refractivity contribution < 1.29 is 45.3 Å². The van der Waals surface area contributed by atoms with Crippen LogP contribution in [0.5, 0.6) is 0 Å². The molecule has 0 bridgehead atoms. The van der Waals surface area contributed by atoms with Crippen molar-refractivity contribution in [2.45, 2.75) is 0 Å². The summed E-state index contributed by atoms with van der Waals surface area (Å²) in [6, 6.07) is 0. The molecule has 0 aromatic rings. The van der Waals surface area contributed by atoms with E-state index >= 15 is 0 Å². The van der Waals surface area contributed by atoms with Crippen LogP contribution in [0.25, 0.3) is 0 Å². The topological polar surface area (TPSA) is 123 Å². The molecule has 0 saturated heterocycles. The Morgan fingerprint density at radius 3 is 0.600 bits per heavy atom. The van der Waals surface area contributed by atoms with E-state index in [0.717, 1.165) is 0 Å². The summed E-state index contributed by atoms with van der Waals surface area (Å²) in [5.41, 5.74) is 0. The predicted octanol–water partition coefficient (Wildman–Crippen LogP) is -2.15. The minimum absolute atomic E-state index is 0. The summed E-state index contributed by atoms with van der Waals surface area (Å²) < 4.78 is 22.5. The molecule has 0 heterocycles. The smallest absolute Gasteiger partial charge is 0 e. The van der Waals surface area contributed by atoms with Crippen LogP contribution in [-0.2, 0) is 34.4 Å². The molecular formula is C3H4NaO5Re. The predicted molar refractivity (Wildman–Crippen MR) is 24.8 cm³/mol. The summed E-state index contributed by atoms with van der Waals surface area (Å²) in [5, 5.41) is 0. The molecule has 7 heteroatoms. The molecule has 54 valence electrons. The van der Waals surface area contributed by atoms with E-state index in [2.05, 4.69) is 20.0 Å². The van der Waals surface area contributed by atoms with Gasteiger partial charge in [0, 0.05) is 50.0 Å². The first kappa shape index (κ1) is 71.8. The maximum atomic E-state index is 7.50. The van der Waals surface area contributed by atoms with Crippen molar-refractivity contribution in [2.75, 3.05) is 0 Å². The van der Waals surface area contributed by atoms with Crippen molar-refractivity contribution in [1.82, 2.24) is 0 Å². The van der Waals surface area contributed by atoms with Crippen molar-refractivity contribution in [3.63, 3.8) is 0 Å². The Kier molecular flexibility index (Phi) is 8470. The van der Waals surface area contributed by atoms with Crippen LogP contribution in [0.4, 0.5) is 0 Å². The summed E-state index contributed by atoms with van der Waals surface area (Å²) in [4.78, 5) is 0. The van der Waals surface area contributed by atoms with Gasteiger partial charge in [0.05, 0.1) is 0 Å². The van der Waals surface area contributed by atoms with Gasteiger partial charge in [-0.25, -0.2) is 0 Å². The first-order valence-electron chi connectivity index (χ1n) is 0.612. The van der Waals surface area contributed by atoms with Gasteiger partial charge < -0.3 is 11.0 Å². The average molecular weight is 329 g/mol. The number of hydrogen-bond donors (Lipinski definition) is 0. The second-order valence-corrected chi connectivity index (χ2v) is 0. The van der Waals surface area contributed by atoms with Gasteiger partial charge in [-0.15, -0.1) is 0 Å². The molecule has 0 unspecified atom stereocenters. The van der Waals surface area contributed by atoms with Crippen LogP contribution >= 0.6 is 0 Å². The molecule has 0 atom stereocenters. The SMILES string of the molecule is O.O.[186Re].[C-]#[O+].[C-]#[O+].[C-]#[O+].[Na]. The van der Waals surface area contributed by atoms with Gasteiger partial charge in [0.2, 0.25) is 0 Å². The van der Waals surface area contributed by atoms with Gasteiger partial charge in [-0.3, -0.25) is 0 Å². The molecule has 0 aliphatic heterocycles. The van der Waals surface area contributed by atoms with Crippen LogP contribution in [0.2, 0.25) is 0 Å². The summed E-state index contributed by atoms with van der Waals surface area (Å²) in [5.74, 6) is 0. The molecule has 5 nitrogen and oxygen atoms in total. The van der Waals surface area contributed by atoms with Gasteiger partial charge in [0.1, 0.15) is 0 Å². The standard InChI is InChI=1S/3CO.Na.2H2O.Re/c3*1-2;;;;/h;;;;2*1H2;/i;;;;;;1+0. The normalized spacial score (nSPS) is 0.600. The van der Waals surface area contributed by atoms with Crippen molar-refractivity contribution in [3.8, 4) is 0 Å². The molecule has 0 aromatic heterocycles. The van der Waals surface area contributed by atoms with E-state index in [4.69, 9.17) is 14.0 Å². The van der Waals surface area contributed by atoms with Gasteiger partial charge in [0.15, 0.2) is 0 Å². The molecule has 0 amide bonds. The summed E-state index contributed by atoms with van der Waals surface area (Å²) in [6.07, 6.45) is 0. The number of hydrogen-bond acceptors (Lipinski definition) is 0. The Hall–Kier alpha value is 0.802. The molecule has 0 spiro atoms. The van der Waals surface area contributed by atoms with Gasteiger partial charge >= 0.3 is 33.9 Å². The van der Waals surface area contributed by atoms with Crippen LogP contribution in [0.1, 0.15) is 0 Å². The Bertz CT molecular complexity index is 45.4. The van der Waals surface area contributed by atoms with Crippen LogP contribution in [0.15, 0.2) is 0 Å². The third kappa shape index (κ3) is 832. The van der Waals surface area contributed by atoms with Gasteiger partial charge in [-0.2, -0.15) is 0 Å². The van der Waals surface area contributed by atoms with E-state index in [1.165, 1.54) is 0 Å². The molecule has 0 aromatic carbocycles. The minimum Gasteiger partial charge on any atom is 0 e. The van der Waals surface area contributed by atoms with Crippen LogP contribution < -0.4 is 0 Å². The van der Waals surface area contributed by atoms with E-state index in [0.29, 0.717) is 0 Å². The first-order valence-corrected chi connectivity index (χ1v) is 0.612. The molecule has 10 heavy (non-hydrogen) atoms. The molecule has 0 aliphatic carbocycles. The summed E-state index contributed by atoms with van der Waals surface area (Å²) in [6.45, 7) is 13.5. The first-order chi connectivity index (χ1) is 3.00. The van der Waals surface area contributed by atoms with E-state index < -0.39 is 0 Å². The third-order valence-corrected chi connectivity index (χ3v) is 0. The fourth-order valence-corrected chi connectivity index (χ4v) is 0. The largest absolute Gasteiger partial charge is 0 e. The second-order valence-electron chi connectivity index (χ2n) is 0. The molecular weight excluding hydrogens is 325 g/mol. The molecule has 2 radical (unpaired) electrons. The van der Waals surface area contributed by atoms with Crippen LogP contribution in [-0.4, -0.2) is 40.5 Å². The Morgan fingerprint density at radius 2 is 0.600 bits per heavy atom. The van der Waals surface area contributed by atoms with E-state index in [1.54, 1.807) is 0 Å². The zero-order valence-electron chi connectivity index (χ0n) is 5.10. The summed E-state index contributed by atoms with van der Waals surface area (Å²) in [7, 11) is 0. The van der Waals surface area contributed by atoms with Gasteiger partial charge in [0.25, 0.3) is 0 Å². The fraction of sp³-hybridized carbons (Fsp3) is 0. The maximum Gasteiger partial charge on any atom is 0 e. The van der Waals surface area contributed by atoms with E-state index in [9.17, 15) is 0 Å². The van der Waals surface area contributed by atoms with E-state index in [-0.39, 0.29) is 60.9 Å². The van der Waals surface area contributed by atoms with Gasteiger partial charge in [-0.1, -0.05) is 0 Å². The maximum absolute atomic E-state index is 7.50. The fourth-order valence-electron chi connectivity index (χ4n) is 0. The van der Waals surface area contributed by atoms with E-state index in [1.807, 2.05) is 0 Å². The quantitative estimate of drug-likeness (QED) is 0.273. The van der Waals surface area contributed by atoms with Crippen molar-refractivity contribution in [3.05, 3.63) is 20.0 Å². The molecule has 0 fully saturated rings. The zero-order chi connectivity index (χ0) is 6.00.